The summed E-state index contributed by atoms with van der Waals surface area (Å²) in [7, 11) is 0. The standard InChI is InChI=1S/C21H18N2O/c24-21-19-14-8-7-13-18(19)20(22-15-16-9-3-1-4-10-16)23(21)17-11-5-2-6-12-17/h1-14,20,22H,15H2. The van der Waals surface area contributed by atoms with Gasteiger partial charge in [-0.25, -0.2) is 0 Å². The Morgan fingerprint density at radius 1 is 0.792 bits per heavy atom. The Kier molecular flexibility index (Phi) is 3.85. The smallest absolute Gasteiger partial charge is 0.260 e. The van der Waals surface area contributed by atoms with Crippen molar-refractivity contribution < 1.29 is 4.79 Å². The van der Waals surface area contributed by atoms with Gasteiger partial charge in [-0.15, -0.1) is 0 Å². The summed E-state index contributed by atoms with van der Waals surface area (Å²) in [5.41, 5.74) is 3.90. The maximum absolute atomic E-state index is 12.9. The largest absolute Gasteiger partial charge is 0.289 e. The summed E-state index contributed by atoms with van der Waals surface area (Å²) in [6, 6.07) is 27.9. The number of para-hydroxylation sites is 1. The van der Waals surface area contributed by atoms with E-state index in [1.807, 2.05) is 77.7 Å². The summed E-state index contributed by atoms with van der Waals surface area (Å²) in [6.07, 6.45) is -0.156. The van der Waals surface area contributed by atoms with Gasteiger partial charge in [0.1, 0.15) is 6.17 Å². The lowest BCUT2D eigenvalue weighted by atomic mass is 10.1. The third-order valence-electron chi connectivity index (χ3n) is 4.34. The van der Waals surface area contributed by atoms with E-state index in [2.05, 4.69) is 17.4 Å². The zero-order chi connectivity index (χ0) is 16.4. The summed E-state index contributed by atoms with van der Waals surface area (Å²) >= 11 is 0. The average molecular weight is 314 g/mol. The van der Waals surface area contributed by atoms with Gasteiger partial charge in [-0.1, -0.05) is 66.7 Å². The molecule has 4 rings (SSSR count). The first-order chi connectivity index (χ1) is 11.8. The molecule has 1 aliphatic heterocycles. The molecule has 1 heterocycles. The van der Waals surface area contributed by atoms with E-state index in [-0.39, 0.29) is 12.1 Å². The number of hydrogen-bond acceptors (Lipinski definition) is 2. The molecule has 0 aromatic heterocycles. The normalized spacial score (nSPS) is 16.2. The fraction of sp³-hybridized carbons (Fsp3) is 0.0952. The van der Waals surface area contributed by atoms with Crippen LogP contribution in [0.5, 0.6) is 0 Å². The van der Waals surface area contributed by atoms with Crippen LogP contribution in [0.15, 0.2) is 84.9 Å². The van der Waals surface area contributed by atoms with Gasteiger partial charge in [0.2, 0.25) is 0 Å². The third kappa shape index (κ3) is 2.59. The van der Waals surface area contributed by atoms with E-state index >= 15 is 0 Å². The first-order valence-corrected chi connectivity index (χ1v) is 8.09. The Hall–Kier alpha value is -2.91. The van der Waals surface area contributed by atoms with Crippen molar-refractivity contribution in [3.05, 3.63) is 102 Å². The van der Waals surface area contributed by atoms with E-state index in [9.17, 15) is 4.79 Å². The van der Waals surface area contributed by atoms with E-state index in [4.69, 9.17) is 0 Å². The molecule has 3 aromatic rings. The minimum atomic E-state index is -0.156. The molecule has 1 N–H and O–H groups in total. The molecule has 1 aliphatic rings. The van der Waals surface area contributed by atoms with Crippen LogP contribution in [0.1, 0.15) is 27.7 Å². The molecule has 0 aliphatic carbocycles. The molecule has 0 fully saturated rings. The second-order valence-electron chi connectivity index (χ2n) is 5.87. The van der Waals surface area contributed by atoms with Crippen molar-refractivity contribution in [3.8, 4) is 0 Å². The zero-order valence-corrected chi connectivity index (χ0v) is 13.2. The number of carbonyl (C=O) groups is 1. The molecule has 24 heavy (non-hydrogen) atoms. The molecule has 1 unspecified atom stereocenters. The van der Waals surface area contributed by atoms with E-state index in [0.29, 0.717) is 6.54 Å². The minimum Gasteiger partial charge on any atom is -0.289 e. The van der Waals surface area contributed by atoms with Crippen LogP contribution in [0.4, 0.5) is 5.69 Å². The van der Waals surface area contributed by atoms with E-state index in [1.165, 1.54) is 5.56 Å². The monoisotopic (exact) mass is 314 g/mol. The highest BCUT2D eigenvalue weighted by Gasteiger charge is 2.36. The van der Waals surface area contributed by atoms with Crippen LogP contribution in [-0.4, -0.2) is 5.91 Å². The highest BCUT2D eigenvalue weighted by Crippen LogP contribution is 2.35. The Morgan fingerprint density at radius 2 is 1.42 bits per heavy atom. The van der Waals surface area contributed by atoms with Crippen molar-refractivity contribution in [2.24, 2.45) is 0 Å². The SMILES string of the molecule is O=C1c2ccccc2C(NCc2ccccc2)N1c1ccccc1. The summed E-state index contributed by atoms with van der Waals surface area (Å²) in [5.74, 6) is 0.0439. The van der Waals surface area contributed by atoms with E-state index < -0.39 is 0 Å². The van der Waals surface area contributed by atoms with Crippen LogP contribution in [-0.2, 0) is 6.54 Å². The second-order valence-corrected chi connectivity index (χ2v) is 5.87. The van der Waals surface area contributed by atoms with Gasteiger partial charge in [-0.3, -0.25) is 15.0 Å². The Balaban J connectivity index is 1.68. The van der Waals surface area contributed by atoms with Crippen molar-refractivity contribution in [1.82, 2.24) is 5.32 Å². The second kappa shape index (κ2) is 6.30. The van der Waals surface area contributed by atoms with Gasteiger partial charge in [0.15, 0.2) is 0 Å². The van der Waals surface area contributed by atoms with Crippen molar-refractivity contribution >= 4 is 11.6 Å². The van der Waals surface area contributed by atoms with E-state index in [1.54, 1.807) is 0 Å². The van der Waals surface area contributed by atoms with E-state index in [0.717, 1.165) is 16.8 Å². The number of amides is 1. The Bertz CT molecular complexity index is 846. The lowest BCUT2D eigenvalue weighted by Crippen LogP contribution is -2.36. The molecule has 0 spiro atoms. The van der Waals surface area contributed by atoms with Crippen LogP contribution < -0.4 is 10.2 Å². The topological polar surface area (TPSA) is 32.3 Å². The number of rotatable bonds is 4. The van der Waals surface area contributed by atoms with Crippen molar-refractivity contribution in [2.75, 3.05) is 4.90 Å². The fourth-order valence-electron chi connectivity index (χ4n) is 3.18. The van der Waals surface area contributed by atoms with Gasteiger partial charge in [-0.2, -0.15) is 0 Å². The zero-order valence-electron chi connectivity index (χ0n) is 13.2. The van der Waals surface area contributed by atoms with Gasteiger partial charge < -0.3 is 0 Å². The summed E-state index contributed by atoms with van der Waals surface area (Å²) in [5, 5.41) is 3.54. The number of benzene rings is 3. The molecule has 1 amide bonds. The molecule has 3 aromatic carbocycles. The molecule has 0 saturated carbocycles. The summed E-state index contributed by atoms with van der Waals surface area (Å²) < 4.78 is 0. The summed E-state index contributed by atoms with van der Waals surface area (Å²) in [4.78, 5) is 14.7. The quantitative estimate of drug-likeness (QED) is 0.785. The average Bonchev–Trinajstić information content (AvgIpc) is 2.94. The van der Waals surface area contributed by atoms with Gasteiger partial charge >= 0.3 is 0 Å². The van der Waals surface area contributed by atoms with Crippen LogP contribution in [0.25, 0.3) is 0 Å². The first kappa shape index (κ1) is 14.7. The van der Waals surface area contributed by atoms with Crippen molar-refractivity contribution in [2.45, 2.75) is 12.7 Å². The maximum Gasteiger partial charge on any atom is 0.260 e. The molecule has 0 saturated heterocycles. The molecular formula is C21H18N2O. The number of carbonyl (C=O) groups excluding carboxylic acids is 1. The molecule has 118 valence electrons. The van der Waals surface area contributed by atoms with Crippen molar-refractivity contribution in [3.63, 3.8) is 0 Å². The lowest BCUT2D eigenvalue weighted by Gasteiger charge is -2.26. The molecule has 3 heteroatoms. The van der Waals surface area contributed by atoms with Crippen LogP contribution in [0.2, 0.25) is 0 Å². The maximum atomic E-state index is 12.9. The third-order valence-corrected chi connectivity index (χ3v) is 4.34. The number of fused-ring (bicyclic) bond motifs is 1. The van der Waals surface area contributed by atoms with Gasteiger partial charge in [0, 0.05) is 23.4 Å². The first-order valence-electron chi connectivity index (χ1n) is 8.09. The molecule has 3 nitrogen and oxygen atoms in total. The predicted octanol–water partition coefficient (Wildman–Crippen LogP) is 4.14. The highest BCUT2D eigenvalue weighted by atomic mass is 16.2. The number of hydrogen-bond donors (Lipinski definition) is 1. The van der Waals surface area contributed by atoms with Gasteiger partial charge in [0.25, 0.3) is 5.91 Å². The van der Waals surface area contributed by atoms with Gasteiger partial charge in [0.05, 0.1) is 0 Å². The number of nitrogens with zero attached hydrogens (tertiary/aromatic N) is 1. The van der Waals surface area contributed by atoms with Crippen LogP contribution >= 0.6 is 0 Å². The van der Waals surface area contributed by atoms with Gasteiger partial charge in [-0.05, 0) is 23.8 Å². The lowest BCUT2D eigenvalue weighted by molar-refractivity contribution is 0.0988. The van der Waals surface area contributed by atoms with Crippen LogP contribution in [0, 0.1) is 0 Å². The molecule has 0 radical (unpaired) electrons. The Labute approximate surface area is 141 Å². The molecule has 0 bridgehead atoms. The number of nitrogens with one attached hydrogen (secondary N) is 1. The molecule has 1 atom stereocenters. The fourth-order valence-corrected chi connectivity index (χ4v) is 3.18. The molecular weight excluding hydrogens is 296 g/mol. The summed E-state index contributed by atoms with van der Waals surface area (Å²) in [6.45, 7) is 0.705. The number of anilines is 1. The highest BCUT2D eigenvalue weighted by molar-refractivity contribution is 6.10. The Morgan fingerprint density at radius 3 is 2.17 bits per heavy atom. The van der Waals surface area contributed by atoms with Crippen LogP contribution in [0.3, 0.4) is 0 Å². The predicted molar refractivity (Wildman–Crippen MR) is 95.7 cm³/mol. The van der Waals surface area contributed by atoms with Crippen molar-refractivity contribution in [1.29, 1.82) is 0 Å². The minimum absolute atomic E-state index is 0.0439.